The number of aromatic nitrogens is 1. The predicted octanol–water partition coefficient (Wildman–Crippen LogP) is 4.80. The van der Waals surface area contributed by atoms with E-state index in [1.54, 1.807) is 12.3 Å². The second-order valence-electron chi connectivity index (χ2n) is 4.89. The summed E-state index contributed by atoms with van der Waals surface area (Å²) >= 11 is -0.149. The minimum atomic E-state index is -0.365. The van der Waals surface area contributed by atoms with Crippen LogP contribution in [0, 0.1) is 12.4 Å². The SMILES string of the molecule is [C-]#[N+]c1ccc2c([se]c3c(-c4ccccn4)cccc32)c1F. The van der Waals surface area contributed by atoms with Crippen LogP contribution in [-0.4, -0.2) is 19.5 Å². The molecular weight excluding hydrogens is 342 g/mol. The Morgan fingerprint density at radius 3 is 2.59 bits per heavy atom. The molecule has 0 aliphatic heterocycles. The van der Waals surface area contributed by atoms with Crippen molar-refractivity contribution in [1.29, 1.82) is 0 Å². The molecule has 0 fully saturated rings. The van der Waals surface area contributed by atoms with Gasteiger partial charge in [-0.05, 0) is 0 Å². The van der Waals surface area contributed by atoms with Gasteiger partial charge in [0.1, 0.15) is 0 Å². The van der Waals surface area contributed by atoms with Crippen LogP contribution in [0.5, 0.6) is 0 Å². The number of pyridine rings is 1. The summed E-state index contributed by atoms with van der Waals surface area (Å²) in [4.78, 5) is 7.68. The van der Waals surface area contributed by atoms with Crippen LogP contribution in [-0.2, 0) is 0 Å². The van der Waals surface area contributed by atoms with E-state index in [-0.39, 0.29) is 26.0 Å². The Morgan fingerprint density at radius 2 is 1.82 bits per heavy atom. The molecular formula is C18H9FN2Se. The number of fused-ring (bicyclic) bond motifs is 3. The molecule has 2 aromatic heterocycles. The minimum absolute atomic E-state index is 0.104. The van der Waals surface area contributed by atoms with Crippen molar-refractivity contribution >= 4 is 39.5 Å². The molecule has 0 N–H and O–H groups in total. The van der Waals surface area contributed by atoms with Gasteiger partial charge >= 0.3 is 132 Å². The maximum atomic E-state index is 14.5. The van der Waals surface area contributed by atoms with Gasteiger partial charge in [0, 0.05) is 0 Å². The molecule has 0 saturated heterocycles. The Kier molecular flexibility index (Phi) is 3.04. The van der Waals surface area contributed by atoms with Gasteiger partial charge in [0.25, 0.3) is 0 Å². The summed E-state index contributed by atoms with van der Waals surface area (Å²) in [6.45, 7) is 7.07. The van der Waals surface area contributed by atoms with E-state index < -0.39 is 0 Å². The van der Waals surface area contributed by atoms with Gasteiger partial charge in [0.2, 0.25) is 0 Å². The van der Waals surface area contributed by atoms with Crippen LogP contribution >= 0.6 is 0 Å². The molecule has 4 heteroatoms. The summed E-state index contributed by atoms with van der Waals surface area (Å²) in [6, 6.07) is 15.3. The van der Waals surface area contributed by atoms with Crippen molar-refractivity contribution in [2.24, 2.45) is 0 Å². The second kappa shape index (κ2) is 5.06. The van der Waals surface area contributed by atoms with Crippen molar-refractivity contribution in [3.63, 3.8) is 0 Å². The van der Waals surface area contributed by atoms with Crippen LogP contribution in [0.25, 0.3) is 35.4 Å². The van der Waals surface area contributed by atoms with Crippen LogP contribution in [0.2, 0.25) is 0 Å². The van der Waals surface area contributed by atoms with Gasteiger partial charge in [-0.2, -0.15) is 0 Å². The summed E-state index contributed by atoms with van der Waals surface area (Å²) in [5, 5.41) is 1.98. The fraction of sp³-hybridized carbons (Fsp3) is 0. The van der Waals surface area contributed by atoms with E-state index in [0.29, 0.717) is 4.26 Å². The van der Waals surface area contributed by atoms with Gasteiger partial charge < -0.3 is 0 Å². The van der Waals surface area contributed by atoms with Crippen LogP contribution < -0.4 is 0 Å². The summed E-state index contributed by atoms with van der Waals surface area (Å²) < 4.78 is 16.3. The molecule has 0 radical (unpaired) electrons. The van der Waals surface area contributed by atoms with E-state index in [9.17, 15) is 4.39 Å². The molecule has 2 aromatic carbocycles. The van der Waals surface area contributed by atoms with Gasteiger partial charge in [-0.3, -0.25) is 0 Å². The zero-order chi connectivity index (χ0) is 15.1. The summed E-state index contributed by atoms with van der Waals surface area (Å²) in [7, 11) is 0. The number of halogens is 1. The molecule has 0 unspecified atom stereocenters. The van der Waals surface area contributed by atoms with Crippen LogP contribution in [0.15, 0.2) is 54.7 Å². The zero-order valence-corrected chi connectivity index (χ0v) is 13.1. The second-order valence-corrected chi connectivity index (χ2v) is 7.03. The number of hydrogen-bond acceptors (Lipinski definition) is 1. The standard InChI is InChI=1S/C18H9FN2Se/c1-20-15-9-8-12-11-5-4-6-13(14-7-2-3-10-21-14)17(11)22-18(12)16(15)19/h2-10H. The number of rotatable bonds is 1. The average molecular weight is 351 g/mol. The molecule has 0 aliphatic rings. The third-order valence-electron chi connectivity index (χ3n) is 3.65. The number of nitrogens with zero attached hydrogens (tertiary/aromatic N) is 2. The van der Waals surface area contributed by atoms with E-state index in [0.717, 1.165) is 26.3 Å². The summed E-state index contributed by atoms with van der Waals surface area (Å²) in [6.07, 6.45) is 1.77. The van der Waals surface area contributed by atoms with Crippen LogP contribution in [0.1, 0.15) is 0 Å². The fourth-order valence-electron chi connectivity index (χ4n) is 2.63. The van der Waals surface area contributed by atoms with Crippen molar-refractivity contribution < 1.29 is 4.39 Å². The molecule has 0 aliphatic carbocycles. The fourth-order valence-corrected chi connectivity index (χ4v) is 5.27. The molecule has 104 valence electrons. The third kappa shape index (κ3) is 1.88. The Bertz CT molecular complexity index is 1050. The first kappa shape index (κ1) is 13.2. The van der Waals surface area contributed by atoms with Crippen molar-refractivity contribution in [2.75, 3.05) is 0 Å². The van der Waals surface area contributed by atoms with E-state index in [2.05, 4.69) is 9.83 Å². The van der Waals surface area contributed by atoms with Gasteiger partial charge in [-0.15, -0.1) is 0 Å². The molecule has 0 spiro atoms. The van der Waals surface area contributed by atoms with E-state index in [1.165, 1.54) is 0 Å². The van der Waals surface area contributed by atoms with Gasteiger partial charge in [-0.25, -0.2) is 0 Å². The van der Waals surface area contributed by atoms with E-state index in [4.69, 9.17) is 6.57 Å². The Balaban J connectivity index is 2.12. The first-order valence-electron chi connectivity index (χ1n) is 6.72. The normalized spacial score (nSPS) is 10.9. The first-order valence-corrected chi connectivity index (χ1v) is 8.43. The van der Waals surface area contributed by atoms with Crippen LogP contribution in [0.3, 0.4) is 0 Å². The van der Waals surface area contributed by atoms with E-state index in [1.807, 2.05) is 42.5 Å². The molecule has 2 nitrogen and oxygen atoms in total. The van der Waals surface area contributed by atoms with Crippen molar-refractivity contribution in [3.8, 4) is 11.3 Å². The monoisotopic (exact) mass is 352 g/mol. The molecule has 0 amide bonds. The van der Waals surface area contributed by atoms with Gasteiger partial charge in [0.15, 0.2) is 0 Å². The zero-order valence-electron chi connectivity index (χ0n) is 11.4. The molecule has 22 heavy (non-hydrogen) atoms. The third-order valence-corrected chi connectivity index (χ3v) is 6.26. The molecule has 4 rings (SSSR count). The maximum absolute atomic E-state index is 14.5. The van der Waals surface area contributed by atoms with Gasteiger partial charge in [0.05, 0.1) is 0 Å². The summed E-state index contributed by atoms with van der Waals surface area (Å²) in [5.41, 5.74) is 2.06. The molecule has 0 bridgehead atoms. The Labute approximate surface area is 132 Å². The topological polar surface area (TPSA) is 17.2 Å². The Hall–Kier alpha value is -2.47. The van der Waals surface area contributed by atoms with E-state index >= 15 is 0 Å². The molecule has 4 aromatic rings. The quantitative estimate of drug-likeness (QED) is 0.356. The van der Waals surface area contributed by atoms with Gasteiger partial charge in [-0.1, -0.05) is 0 Å². The average Bonchev–Trinajstić information content (AvgIpc) is 2.96. The first-order chi connectivity index (χ1) is 10.8. The van der Waals surface area contributed by atoms with Crippen LogP contribution in [0.4, 0.5) is 10.1 Å². The van der Waals surface area contributed by atoms with Crippen molar-refractivity contribution in [1.82, 2.24) is 4.98 Å². The van der Waals surface area contributed by atoms with Crippen molar-refractivity contribution in [2.45, 2.75) is 0 Å². The predicted molar refractivity (Wildman–Crippen MR) is 87.8 cm³/mol. The number of benzene rings is 2. The molecule has 2 heterocycles. The Morgan fingerprint density at radius 1 is 0.955 bits per heavy atom. The van der Waals surface area contributed by atoms with Crippen molar-refractivity contribution in [3.05, 3.63) is 72.0 Å². The summed E-state index contributed by atoms with van der Waals surface area (Å²) in [5.74, 6) is -0.365. The molecule has 0 atom stereocenters. The number of hydrogen-bond donors (Lipinski definition) is 0. The molecule has 0 saturated carbocycles.